The number of rotatable bonds is 2. The Morgan fingerprint density at radius 3 is 2.68 bits per heavy atom. The average molecular weight is 368 g/mol. The van der Waals surface area contributed by atoms with Crippen molar-refractivity contribution < 1.29 is 33.3 Å². The lowest BCUT2D eigenvalue weighted by Crippen LogP contribution is -3.00. The van der Waals surface area contributed by atoms with Crippen molar-refractivity contribution in [1.82, 2.24) is 4.98 Å². The molecule has 0 atom stereocenters. The number of fused-ring (bicyclic) bond motifs is 3. The highest BCUT2D eigenvalue weighted by atomic mass is 127. The number of nitrogens with one attached hydrogen (secondary N) is 1. The Bertz CT molecular complexity index is 734. The van der Waals surface area contributed by atoms with E-state index in [1.54, 1.807) is 7.11 Å². The summed E-state index contributed by atoms with van der Waals surface area (Å²) in [5, 5.41) is 2.41. The van der Waals surface area contributed by atoms with Crippen LogP contribution in [0.3, 0.4) is 0 Å². The van der Waals surface area contributed by atoms with Crippen molar-refractivity contribution in [3.05, 3.63) is 36.2 Å². The molecule has 0 saturated carbocycles. The van der Waals surface area contributed by atoms with E-state index in [-0.39, 0.29) is 24.0 Å². The predicted octanol–water partition coefficient (Wildman–Crippen LogP) is -0.279. The van der Waals surface area contributed by atoms with E-state index in [4.69, 9.17) is 4.74 Å². The molecule has 0 radical (unpaired) electrons. The molecule has 0 bridgehead atoms. The molecule has 19 heavy (non-hydrogen) atoms. The third kappa shape index (κ3) is 2.08. The summed E-state index contributed by atoms with van der Waals surface area (Å²) in [6, 6.07) is 8.35. The van der Waals surface area contributed by atoms with E-state index in [0.29, 0.717) is 0 Å². The monoisotopic (exact) mass is 368 g/mol. The van der Waals surface area contributed by atoms with E-state index in [1.807, 2.05) is 0 Å². The van der Waals surface area contributed by atoms with Crippen LogP contribution in [0, 0.1) is 0 Å². The number of H-pyrrole nitrogens is 1. The molecule has 0 aliphatic rings. The number of hydrogen-bond acceptors (Lipinski definition) is 1. The average Bonchev–Trinajstić information content (AvgIpc) is 2.77. The van der Waals surface area contributed by atoms with Crippen LogP contribution >= 0.6 is 0 Å². The minimum atomic E-state index is 0. The van der Waals surface area contributed by atoms with Gasteiger partial charge in [0.15, 0.2) is 5.75 Å². The number of aromatic nitrogens is 2. The highest BCUT2D eigenvalue weighted by molar-refractivity contribution is 6.10. The second kappa shape index (κ2) is 5.36. The molecule has 0 unspecified atom stereocenters. The van der Waals surface area contributed by atoms with Gasteiger partial charge in [-0.2, -0.15) is 0 Å². The second-order valence-corrected chi connectivity index (χ2v) is 4.53. The summed E-state index contributed by atoms with van der Waals surface area (Å²) in [4.78, 5) is 3.51. The van der Waals surface area contributed by atoms with Crippen LogP contribution < -0.4 is 33.3 Å². The maximum absolute atomic E-state index is 5.53. The zero-order chi connectivity index (χ0) is 12.7. The van der Waals surface area contributed by atoms with Gasteiger partial charge in [0.25, 0.3) is 0 Å². The predicted molar refractivity (Wildman–Crippen MR) is 72.9 cm³/mol. The normalized spacial score (nSPS) is 10.7. The number of hydrogen-bond donors (Lipinski definition) is 1. The van der Waals surface area contributed by atoms with Crippen molar-refractivity contribution in [2.24, 2.45) is 7.05 Å². The van der Waals surface area contributed by atoms with E-state index in [2.05, 4.69) is 54.0 Å². The van der Waals surface area contributed by atoms with Crippen LogP contribution in [0.2, 0.25) is 0 Å². The lowest BCUT2D eigenvalue weighted by molar-refractivity contribution is -0.677. The van der Waals surface area contributed by atoms with Gasteiger partial charge in [-0.3, -0.25) is 0 Å². The first-order valence-corrected chi connectivity index (χ1v) is 6.22. The second-order valence-electron chi connectivity index (χ2n) is 4.53. The number of ether oxygens (including phenoxy) is 1. The highest BCUT2D eigenvalue weighted by Crippen LogP contribution is 2.33. The Labute approximate surface area is 129 Å². The minimum absolute atomic E-state index is 0. The standard InChI is InChI=1S/C15H16N2O.HI/c1-4-12-15-14(13(18-3)9-17(12)2)10-7-5-6-8-11(10)16-15;/h5-9H,4H2,1-3H3;1H. The molecule has 0 spiro atoms. The Hall–Kier alpha value is -1.30. The molecule has 0 saturated heterocycles. The van der Waals surface area contributed by atoms with Crippen molar-refractivity contribution >= 4 is 21.8 Å². The van der Waals surface area contributed by atoms with Gasteiger partial charge < -0.3 is 33.7 Å². The van der Waals surface area contributed by atoms with E-state index in [0.717, 1.165) is 17.7 Å². The number of pyridine rings is 1. The number of para-hydroxylation sites is 1. The molecule has 3 aromatic rings. The van der Waals surface area contributed by atoms with E-state index in [1.165, 1.54) is 22.0 Å². The molecule has 2 heterocycles. The van der Waals surface area contributed by atoms with Crippen molar-refractivity contribution in [2.45, 2.75) is 13.3 Å². The van der Waals surface area contributed by atoms with Gasteiger partial charge in [-0.15, -0.1) is 0 Å². The summed E-state index contributed by atoms with van der Waals surface area (Å²) < 4.78 is 7.67. The van der Waals surface area contributed by atoms with E-state index < -0.39 is 0 Å². The molecule has 2 aromatic heterocycles. The van der Waals surface area contributed by atoms with Crippen LogP contribution in [0.1, 0.15) is 12.6 Å². The van der Waals surface area contributed by atoms with Gasteiger partial charge in [-0.25, -0.2) is 4.57 Å². The van der Waals surface area contributed by atoms with Gasteiger partial charge in [-0.05, 0) is 6.07 Å². The first-order chi connectivity index (χ1) is 8.76. The lowest BCUT2D eigenvalue weighted by Gasteiger charge is -2.04. The third-order valence-corrected chi connectivity index (χ3v) is 3.53. The molecule has 100 valence electrons. The van der Waals surface area contributed by atoms with Gasteiger partial charge in [0.05, 0.1) is 12.5 Å². The van der Waals surface area contributed by atoms with Crippen LogP contribution in [0.15, 0.2) is 30.5 Å². The van der Waals surface area contributed by atoms with Crippen LogP contribution in [0.25, 0.3) is 21.8 Å². The SMILES string of the molecule is CCc1c2[nH]c3ccccc3c2c(OC)c[n+]1C.[I-]. The minimum Gasteiger partial charge on any atom is -1.00 e. The fraction of sp³-hybridized carbons (Fsp3) is 0.267. The van der Waals surface area contributed by atoms with E-state index in [9.17, 15) is 0 Å². The maximum atomic E-state index is 5.53. The number of halogens is 1. The number of benzene rings is 1. The molecule has 3 nitrogen and oxygen atoms in total. The molecule has 0 amide bonds. The number of nitrogens with zero attached hydrogens (tertiary/aromatic N) is 1. The Morgan fingerprint density at radius 1 is 1.26 bits per heavy atom. The van der Waals surface area contributed by atoms with Gasteiger partial charge >= 0.3 is 0 Å². The van der Waals surface area contributed by atoms with Gasteiger partial charge in [0.2, 0.25) is 11.9 Å². The first-order valence-electron chi connectivity index (χ1n) is 6.22. The molecular formula is C15H17IN2O. The van der Waals surface area contributed by atoms with Crippen LogP contribution in [-0.4, -0.2) is 12.1 Å². The highest BCUT2D eigenvalue weighted by Gasteiger charge is 2.19. The summed E-state index contributed by atoms with van der Waals surface area (Å²) in [6.45, 7) is 2.17. The summed E-state index contributed by atoms with van der Waals surface area (Å²) in [7, 11) is 3.79. The molecule has 1 N–H and O–H groups in total. The smallest absolute Gasteiger partial charge is 0.211 e. The molecule has 1 aromatic carbocycles. The first kappa shape index (κ1) is 14.1. The molecule has 0 aliphatic carbocycles. The van der Waals surface area contributed by atoms with Crippen molar-refractivity contribution in [3.63, 3.8) is 0 Å². The topological polar surface area (TPSA) is 28.9 Å². The summed E-state index contributed by atoms with van der Waals surface area (Å²) in [6.07, 6.45) is 3.05. The third-order valence-electron chi connectivity index (χ3n) is 3.53. The Kier molecular flexibility index (Phi) is 3.99. The van der Waals surface area contributed by atoms with Gasteiger partial charge in [-0.1, -0.05) is 25.1 Å². The van der Waals surface area contributed by atoms with Gasteiger partial charge in [0.1, 0.15) is 12.6 Å². The quantitative estimate of drug-likeness (QED) is 0.490. The fourth-order valence-electron chi connectivity index (χ4n) is 2.69. The van der Waals surface area contributed by atoms with E-state index >= 15 is 0 Å². The fourth-order valence-corrected chi connectivity index (χ4v) is 2.69. The molecule has 0 fully saturated rings. The van der Waals surface area contributed by atoms with Crippen molar-refractivity contribution in [1.29, 1.82) is 0 Å². The maximum Gasteiger partial charge on any atom is 0.211 e. The Balaban J connectivity index is 0.00000133. The summed E-state index contributed by atoms with van der Waals surface area (Å²) >= 11 is 0. The largest absolute Gasteiger partial charge is 1.00 e. The number of aromatic amines is 1. The Morgan fingerprint density at radius 2 is 2.00 bits per heavy atom. The van der Waals surface area contributed by atoms with Crippen molar-refractivity contribution in [3.8, 4) is 5.75 Å². The molecule has 3 rings (SSSR count). The molecule has 4 heteroatoms. The zero-order valence-electron chi connectivity index (χ0n) is 11.3. The zero-order valence-corrected chi connectivity index (χ0v) is 13.5. The van der Waals surface area contributed by atoms with Crippen LogP contribution in [-0.2, 0) is 13.5 Å². The van der Waals surface area contributed by atoms with Gasteiger partial charge in [0, 0.05) is 17.3 Å². The van der Waals surface area contributed by atoms with Crippen LogP contribution in [0.4, 0.5) is 0 Å². The molecule has 0 aliphatic heterocycles. The summed E-state index contributed by atoms with van der Waals surface area (Å²) in [5.41, 5.74) is 3.63. The molecular weight excluding hydrogens is 351 g/mol. The van der Waals surface area contributed by atoms with Crippen LogP contribution in [0.5, 0.6) is 5.75 Å². The van der Waals surface area contributed by atoms with Crippen molar-refractivity contribution in [2.75, 3.05) is 7.11 Å². The number of methoxy groups -OCH3 is 1. The summed E-state index contributed by atoms with van der Waals surface area (Å²) in [5.74, 6) is 0.919. The lowest BCUT2D eigenvalue weighted by atomic mass is 10.1. The number of aryl methyl sites for hydroxylation is 2.